The van der Waals surface area contributed by atoms with Crippen molar-refractivity contribution in [3.63, 3.8) is 0 Å². The summed E-state index contributed by atoms with van der Waals surface area (Å²) in [6.45, 7) is 0.566. The van der Waals surface area contributed by atoms with Gasteiger partial charge in [-0.25, -0.2) is 4.79 Å². The maximum Gasteiger partial charge on any atom is 0.319 e. The predicted molar refractivity (Wildman–Crippen MR) is 112 cm³/mol. The van der Waals surface area contributed by atoms with Gasteiger partial charge in [-0.1, -0.05) is 36.4 Å². The Kier molecular flexibility index (Phi) is 5.70. The summed E-state index contributed by atoms with van der Waals surface area (Å²) in [5, 5.41) is 18.2. The molecule has 0 spiro atoms. The first-order valence-electron chi connectivity index (χ1n) is 9.32. The maximum absolute atomic E-state index is 12.0. The van der Waals surface area contributed by atoms with Gasteiger partial charge in [0.15, 0.2) is 11.5 Å². The van der Waals surface area contributed by atoms with E-state index in [0.717, 1.165) is 5.56 Å². The zero-order valence-electron chi connectivity index (χ0n) is 16.3. The molecule has 0 aliphatic rings. The highest BCUT2D eigenvalue weighted by Gasteiger charge is 2.10. The number of nitrogens with zero attached hydrogens (tertiary/aromatic N) is 4. The number of amides is 2. The van der Waals surface area contributed by atoms with Crippen molar-refractivity contribution in [1.29, 1.82) is 0 Å². The SMILES string of the molecule is COc1cccc(NC(=O)NCCOc2ccc3nnc(-c4ccccc4)n3n2)c1. The largest absolute Gasteiger partial charge is 0.497 e. The topological polar surface area (TPSA) is 103 Å². The van der Waals surface area contributed by atoms with Crippen LogP contribution in [0.2, 0.25) is 0 Å². The van der Waals surface area contributed by atoms with E-state index in [0.29, 0.717) is 35.3 Å². The minimum absolute atomic E-state index is 0.257. The number of benzene rings is 2. The van der Waals surface area contributed by atoms with Crippen LogP contribution in [0.4, 0.5) is 10.5 Å². The summed E-state index contributed by atoms with van der Waals surface area (Å²) in [6.07, 6.45) is 0. The van der Waals surface area contributed by atoms with E-state index in [4.69, 9.17) is 9.47 Å². The van der Waals surface area contributed by atoms with Crippen LogP contribution in [0, 0.1) is 0 Å². The number of carbonyl (C=O) groups excluding carboxylic acids is 1. The van der Waals surface area contributed by atoms with Crippen LogP contribution in [-0.4, -0.2) is 46.1 Å². The van der Waals surface area contributed by atoms with Crippen molar-refractivity contribution in [3.05, 3.63) is 66.7 Å². The number of rotatable bonds is 7. The van der Waals surface area contributed by atoms with Gasteiger partial charge >= 0.3 is 6.03 Å². The Hall–Kier alpha value is -4.14. The molecule has 0 saturated heterocycles. The number of urea groups is 1. The van der Waals surface area contributed by atoms with E-state index >= 15 is 0 Å². The standard InChI is InChI=1S/C21H20N6O3/c1-29-17-9-5-8-16(14-17)23-21(28)22-12-13-30-19-11-10-18-24-25-20(27(18)26-19)15-6-3-2-4-7-15/h2-11,14H,12-13H2,1H3,(H2,22,23,28). The van der Waals surface area contributed by atoms with Crippen LogP contribution < -0.4 is 20.1 Å². The number of fused-ring (bicyclic) bond motifs is 1. The molecule has 0 fully saturated rings. The molecule has 2 N–H and O–H groups in total. The van der Waals surface area contributed by atoms with Crippen LogP contribution in [-0.2, 0) is 0 Å². The van der Waals surface area contributed by atoms with Gasteiger partial charge in [-0.05, 0) is 18.2 Å². The van der Waals surface area contributed by atoms with Gasteiger partial charge in [-0.15, -0.1) is 15.3 Å². The first-order chi connectivity index (χ1) is 14.7. The molecule has 0 radical (unpaired) electrons. The fourth-order valence-corrected chi connectivity index (χ4v) is 2.81. The average Bonchev–Trinajstić information content (AvgIpc) is 3.21. The molecule has 2 heterocycles. The second-order valence-electron chi connectivity index (χ2n) is 6.29. The van der Waals surface area contributed by atoms with E-state index in [2.05, 4.69) is 25.9 Å². The number of hydrogen-bond acceptors (Lipinski definition) is 6. The summed E-state index contributed by atoms with van der Waals surface area (Å²) in [5.41, 5.74) is 2.17. The fourth-order valence-electron chi connectivity index (χ4n) is 2.81. The van der Waals surface area contributed by atoms with Gasteiger partial charge in [0.1, 0.15) is 12.4 Å². The lowest BCUT2D eigenvalue weighted by Gasteiger charge is -2.09. The van der Waals surface area contributed by atoms with Crippen LogP contribution in [0.15, 0.2) is 66.7 Å². The predicted octanol–water partition coefficient (Wildman–Crippen LogP) is 3.00. The van der Waals surface area contributed by atoms with Gasteiger partial charge < -0.3 is 20.1 Å². The Balaban J connectivity index is 1.32. The van der Waals surface area contributed by atoms with Crippen molar-refractivity contribution in [2.75, 3.05) is 25.6 Å². The molecule has 2 aromatic heterocycles. The molecule has 9 heteroatoms. The number of aromatic nitrogens is 4. The van der Waals surface area contributed by atoms with E-state index in [-0.39, 0.29) is 12.6 Å². The number of ether oxygens (including phenoxy) is 2. The molecule has 0 atom stereocenters. The van der Waals surface area contributed by atoms with Crippen molar-refractivity contribution in [1.82, 2.24) is 25.1 Å². The smallest absolute Gasteiger partial charge is 0.319 e. The monoisotopic (exact) mass is 404 g/mol. The second-order valence-corrected chi connectivity index (χ2v) is 6.29. The van der Waals surface area contributed by atoms with Crippen molar-refractivity contribution < 1.29 is 14.3 Å². The van der Waals surface area contributed by atoms with Crippen molar-refractivity contribution >= 4 is 17.4 Å². The van der Waals surface area contributed by atoms with Gasteiger partial charge in [0.05, 0.1) is 13.7 Å². The summed E-state index contributed by atoms with van der Waals surface area (Å²) in [4.78, 5) is 12.0. The highest BCUT2D eigenvalue weighted by molar-refractivity contribution is 5.89. The number of methoxy groups -OCH3 is 1. The van der Waals surface area contributed by atoms with E-state index in [9.17, 15) is 4.79 Å². The second kappa shape index (κ2) is 8.91. The third kappa shape index (κ3) is 4.46. The Morgan fingerprint density at radius 1 is 1.03 bits per heavy atom. The van der Waals surface area contributed by atoms with Crippen molar-refractivity contribution in [2.24, 2.45) is 0 Å². The number of hydrogen-bond donors (Lipinski definition) is 2. The molecule has 0 unspecified atom stereocenters. The quantitative estimate of drug-likeness (QED) is 0.459. The van der Waals surface area contributed by atoms with E-state index in [1.807, 2.05) is 30.3 Å². The summed E-state index contributed by atoms with van der Waals surface area (Å²) in [7, 11) is 1.57. The molecule has 0 saturated carbocycles. The minimum atomic E-state index is -0.333. The van der Waals surface area contributed by atoms with Gasteiger partial charge in [0.25, 0.3) is 0 Å². The van der Waals surface area contributed by atoms with Gasteiger partial charge in [-0.3, -0.25) is 0 Å². The fraction of sp³-hybridized carbons (Fsp3) is 0.143. The van der Waals surface area contributed by atoms with E-state index in [1.165, 1.54) is 0 Å². The summed E-state index contributed by atoms with van der Waals surface area (Å²) >= 11 is 0. The molecular formula is C21H20N6O3. The molecule has 0 aliphatic heterocycles. The average molecular weight is 404 g/mol. The highest BCUT2D eigenvalue weighted by Crippen LogP contribution is 2.18. The third-order valence-electron chi connectivity index (χ3n) is 4.24. The molecule has 2 amide bonds. The van der Waals surface area contributed by atoms with Crippen molar-refractivity contribution in [3.8, 4) is 23.0 Å². The van der Waals surface area contributed by atoms with Crippen LogP contribution in [0.25, 0.3) is 17.0 Å². The molecule has 0 aliphatic carbocycles. The Bertz CT molecular complexity index is 1150. The Morgan fingerprint density at radius 3 is 2.73 bits per heavy atom. The lowest BCUT2D eigenvalue weighted by Crippen LogP contribution is -2.32. The molecular weight excluding hydrogens is 384 g/mol. The maximum atomic E-state index is 12.0. The summed E-state index contributed by atoms with van der Waals surface area (Å²) in [6, 6.07) is 20.0. The molecule has 2 aromatic carbocycles. The number of carbonyl (C=O) groups is 1. The first-order valence-corrected chi connectivity index (χ1v) is 9.32. The lowest BCUT2D eigenvalue weighted by atomic mass is 10.2. The van der Waals surface area contributed by atoms with E-state index in [1.54, 1.807) is 48.0 Å². The van der Waals surface area contributed by atoms with Crippen LogP contribution >= 0.6 is 0 Å². The van der Waals surface area contributed by atoms with Gasteiger partial charge in [0, 0.05) is 23.4 Å². The van der Waals surface area contributed by atoms with Gasteiger partial charge in [-0.2, -0.15) is 4.52 Å². The van der Waals surface area contributed by atoms with Crippen LogP contribution in [0.5, 0.6) is 11.6 Å². The molecule has 4 aromatic rings. The molecule has 4 rings (SSSR count). The third-order valence-corrected chi connectivity index (χ3v) is 4.24. The summed E-state index contributed by atoms with van der Waals surface area (Å²) in [5.74, 6) is 1.71. The normalized spacial score (nSPS) is 10.6. The number of anilines is 1. The van der Waals surface area contributed by atoms with E-state index < -0.39 is 0 Å². The molecule has 30 heavy (non-hydrogen) atoms. The zero-order chi connectivity index (χ0) is 20.8. The zero-order valence-corrected chi connectivity index (χ0v) is 16.3. The molecule has 0 bridgehead atoms. The van der Waals surface area contributed by atoms with Crippen molar-refractivity contribution in [2.45, 2.75) is 0 Å². The molecule has 152 valence electrons. The molecule has 9 nitrogen and oxygen atoms in total. The highest BCUT2D eigenvalue weighted by atomic mass is 16.5. The first kappa shape index (κ1) is 19.2. The van der Waals surface area contributed by atoms with Crippen LogP contribution in [0.3, 0.4) is 0 Å². The Labute approximate surface area is 172 Å². The van der Waals surface area contributed by atoms with Gasteiger partial charge in [0.2, 0.25) is 5.88 Å². The van der Waals surface area contributed by atoms with Crippen LogP contribution in [0.1, 0.15) is 0 Å². The lowest BCUT2D eigenvalue weighted by molar-refractivity contribution is 0.246. The Morgan fingerprint density at radius 2 is 1.90 bits per heavy atom. The minimum Gasteiger partial charge on any atom is -0.497 e. The number of nitrogens with one attached hydrogen (secondary N) is 2. The summed E-state index contributed by atoms with van der Waals surface area (Å²) < 4.78 is 12.4.